The average Bonchev–Trinajstić information content (AvgIpc) is 3.00. The topological polar surface area (TPSA) is 34.1 Å². The molecule has 0 aromatic rings. The predicted octanol–water partition coefficient (Wildman–Crippen LogP) is 9.91. The third-order valence-corrected chi connectivity index (χ3v) is 9.52. The number of hydrogen-bond donors (Lipinski definition) is 0. The Morgan fingerprint density at radius 2 is 0.739 bits per heavy atom. The molecule has 4 heteroatoms. The first-order valence-electron chi connectivity index (χ1n) is 19.9. The lowest BCUT2D eigenvalue weighted by Crippen LogP contribution is -3.00. The van der Waals surface area contributed by atoms with Crippen LogP contribution in [0.2, 0.25) is 0 Å². The van der Waals surface area contributed by atoms with Gasteiger partial charge in [0.05, 0.1) is 27.1 Å². The van der Waals surface area contributed by atoms with E-state index in [0.29, 0.717) is 17.3 Å². The summed E-state index contributed by atoms with van der Waals surface area (Å²) < 4.78 is 0.545. The molecular weight excluding hydrogens is 586 g/mol. The van der Waals surface area contributed by atoms with Crippen molar-refractivity contribution in [2.24, 2.45) is 5.92 Å². The fourth-order valence-corrected chi connectivity index (χ4v) is 6.67. The summed E-state index contributed by atoms with van der Waals surface area (Å²) in [5.74, 6) is 0.367. The van der Waals surface area contributed by atoms with Crippen LogP contribution < -0.4 is 12.4 Å². The van der Waals surface area contributed by atoms with Crippen molar-refractivity contribution in [1.82, 2.24) is 0 Å². The summed E-state index contributed by atoms with van der Waals surface area (Å²) in [6.45, 7) is 6.55. The third-order valence-electron chi connectivity index (χ3n) is 9.52. The zero-order valence-corrected chi connectivity index (χ0v) is 32.7. The molecule has 0 aliphatic heterocycles. The molecule has 0 rings (SSSR count). The number of likely N-dealkylation sites (N-methyl/N-ethyl adjacent to an activating group) is 1. The van der Waals surface area contributed by atoms with Gasteiger partial charge in [0.25, 0.3) is 0 Å². The number of Topliss-reactive ketones (excluding diaryl/α,β-unsaturated/α-hetero) is 2. The van der Waals surface area contributed by atoms with Crippen LogP contribution in [0.1, 0.15) is 201 Å². The highest BCUT2D eigenvalue weighted by molar-refractivity contribution is 5.91. The van der Waals surface area contributed by atoms with Crippen molar-refractivity contribution in [3.63, 3.8) is 0 Å². The van der Waals surface area contributed by atoms with E-state index in [1.54, 1.807) is 0 Å². The molecule has 3 nitrogen and oxygen atoms in total. The zero-order chi connectivity index (χ0) is 33.4. The lowest BCUT2D eigenvalue weighted by atomic mass is 9.87. The van der Waals surface area contributed by atoms with E-state index in [1.807, 2.05) is 6.92 Å². The van der Waals surface area contributed by atoms with Crippen LogP contribution in [0.3, 0.4) is 0 Å². The average molecular weight is 667 g/mol. The Morgan fingerprint density at radius 3 is 1.07 bits per heavy atom. The second-order valence-electron chi connectivity index (χ2n) is 15.0. The van der Waals surface area contributed by atoms with Crippen molar-refractivity contribution >= 4 is 11.6 Å². The van der Waals surface area contributed by atoms with Crippen LogP contribution in [0.4, 0.5) is 0 Å². The van der Waals surface area contributed by atoms with Gasteiger partial charge in [-0.2, -0.15) is 0 Å². The normalized spacial score (nSPS) is 13.3. The van der Waals surface area contributed by atoms with E-state index in [4.69, 9.17) is 0 Å². The van der Waals surface area contributed by atoms with Gasteiger partial charge in [-0.15, -0.1) is 0 Å². The highest BCUT2D eigenvalue weighted by Gasteiger charge is 2.39. The molecule has 0 amide bonds. The standard InChI is InChI=1S/C42H80NO2.ClH/c1-7-9-11-13-15-17-19-21-23-25-27-29-31-33-35-37-40(44)39(3)42(43(4,5)6)41(45)38-36-34-32-30-28-26-24-22-20-18-16-14-12-10-8-2;/h21-24,39,42H,7-20,25-38H2,1-6H3;1H/q+1;/p-1/b23-21-,24-22-;. The van der Waals surface area contributed by atoms with E-state index in [9.17, 15) is 9.59 Å². The Kier molecular flexibility index (Phi) is 34.8. The number of unbranched alkanes of at least 4 members (excludes halogenated alkanes) is 22. The minimum absolute atomic E-state index is 0. The van der Waals surface area contributed by atoms with Crippen LogP contribution in [-0.4, -0.2) is 43.2 Å². The number of halogens is 1. The Morgan fingerprint density at radius 1 is 0.457 bits per heavy atom. The molecule has 0 radical (unpaired) electrons. The number of allylic oxidation sites excluding steroid dienone is 4. The van der Waals surface area contributed by atoms with Gasteiger partial charge in [0.1, 0.15) is 5.78 Å². The van der Waals surface area contributed by atoms with E-state index in [2.05, 4.69) is 59.3 Å². The highest BCUT2D eigenvalue weighted by Crippen LogP contribution is 2.22. The van der Waals surface area contributed by atoms with Crippen LogP contribution in [0.5, 0.6) is 0 Å². The summed E-state index contributed by atoms with van der Waals surface area (Å²) in [5, 5.41) is 0. The minimum atomic E-state index is -0.225. The molecule has 0 aliphatic rings. The second-order valence-corrected chi connectivity index (χ2v) is 15.0. The van der Waals surface area contributed by atoms with Crippen LogP contribution >= 0.6 is 0 Å². The Balaban J connectivity index is 0. The van der Waals surface area contributed by atoms with Gasteiger partial charge in [0.2, 0.25) is 0 Å². The first-order chi connectivity index (χ1) is 21.8. The number of carbonyl (C=O) groups is 2. The summed E-state index contributed by atoms with van der Waals surface area (Å²) in [7, 11) is 6.23. The lowest BCUT2D eigenvalue weighted by Gasteiger charge is -2.36. The van der Waals surface area contributed by atoms with Gasteiger partial charge in [-0.1, -0.05) is 141 Å². The first kappa shape index (κ1) is 47.2. The van der Waals surface area contributed by atoms with Crippen molar-refractivity contribution in [1.29, 1.82) is 0 Å². The molecule has 0 bridgehead atoms. The molecule has 0 aliphatic carbocycles. The summed E-state index contributed by atoms with van der Waals surface area (Å²) >= 11 is 0. The molecule has 0 fully saturated rings. The van der Waals surface area contributed by atoms with Crippen LogP contribution in [-0.2, 0) is 9.59 Å². The molecule has 0 spiro atoms. The van der Waals surface area contributed by atoms with E-state index < -0.39 is 0 Å². The molecule has 0 saturated carbocycles. The maximum atomic E-state index is 13.3. The molecule has 0 N–H and O–H groups in total. The van der Waals surface area contributed by atoms with Gasteiger partial charge in [0, 0.05) is 12.8 Å². The summed E-state index contributed by atoms with van der Waals surface area (Å²) in [5.41, 5.74) is 0. The number of quaternary nitrogens is 1. The maximum absolute atomic E-state index is 13.3. The van der Waals surface area contributed by atoms with E-state index in [0.717, 1.165) is 25.7 Å². The van der Waals surface area contributed by atoms with Gasteiger partial charge in [-0.05, 0) is 71.1 Å². The van der Waals surface area contributed by atoms with Crippen molar-refractivity contribution in [3.05, 3.63) is 24.3 Å². The molecule has 0 heterocycles. The van der Waals surface area contributed by atoms with E-state index in [-0.39, 0.29) is 35.9 Å². The predicted molar refractivity (Wildman–Crippen MR) is 200 cm³/mol. The molecule has 272 valence electrons. The van der Waals surface area contributed by atoms with Crippen LogP contribution in [0.15, 0.2) is 24.3 Å². The van der Waals surface area contributed by atoms with E-state index >= 15 is 0 Å². The van der Waals surface area contributed by atoms with Crippen LogP contribution in [0.25, 0.3) is 0 Å². The molecule has 0 aromatic heterocycles. The van der Waals surface area contributed by atoms with Crippen molar-refractivity contribution in [2.75, 3.05) is 21.1 Å². The largest absolute Gasteiger partial charge is 1.00 e. The summed E-state index contributed by atoms with van der Waals surface area (Å²) in [6.07, 6.45) is 43.6. The second kappa shape index (κ2) is 34.0. The summed E-state index contributed by atoms with van der Waals surface area (Å²) in [6, 6.07) is -0.225. The number of hydrogen-bond acceptors (Lipinski definition) is 2. The molecule has 46 heavy (non-hydrogen) atoms. The van der Waals surface area contributed by atoms with Gasteiger partial charge < -0.3 is 16.9 Å². The molecule has 2 atom stereocenters. The molecule has 0 saturated heterocycles. The fourth-order valence-electron chi connectivity index (χ4n) is 6.67. The molecule has 2 unspecified atom stereocenters. The van der Waals surface area contributed by atoms with Crippen molar-refractivity contribution in [2.45, 2.75) is 207 Å². The smallest absolute Gasteiger partial charge is 0.190 e. The SMILES string of the molecule is CCCCCCCC/C=C\CCCCCCCC(=O)C(C)C(C(=O)CCCCCCC/C=C\CCCCCCCC)[N+](C)(C)C.[Cl-]. The number of nitrogens with zero attached hydrogens (tertiary/aromatic N) is 1. The Bertz CT molecular complexity index is 738. The fraction of sp³-hybridized carbons (Fsp3) is 0.857. The molecular formula is C42H80ClNO2. The quantitative estimate of drug-likeness (QED) is 0.0389. The zero-order valence-electron chi connectivity index (χ0n) is 31.9. The Hall–Kier alpha value is -0.930. The maximum Gasteiger partial charge on any atom is 0.190 e. The summed E-state index contributed by atoms with van der Waals surface area (Å²) in [4.78, 5) is 26.4. The monoisotopic (exact) mass is 666 g/mol. The van der Waals surface area contributed by atoms with Crippen molar-refractivity contribution < 1.29 is 26.5 Å². The number of ketones is 2. The lowest BCUT2D eigenvalue weighted by molar-refractivity contribution is -0.889. The highest BCUT2D eigenvalue weighted by atomic mass is 35.5. The third kappa shape index (κ3) is 29.2. The first-order valence-corrected chi connectivity index (χ1v) is 19.9. The number of rotatable bonds is 34. The van der Waals surface area contributed by atoms with Gasteiger partial charge in [-0.3, -0.25) is 9.59 Å². The number of carbonyl (C=O) groups excluding carboxylic acids is 2. The van der Waals surface area contributed by atoms with Gasteiger partial charge >= 0.3 is 0 Å². The molecule has 0 aromatic carbocycles. The van der Waals surface area contributed by atoms with Gasteiger partial charge in [0.15, 0.2) is 11.8 Å². The van der Waals surface area contributed by atoms with Gasteiger partial charge in [-0.25, -0.2) is 0 Å². The Labute approximate surface area is 295 Å². The van der Waals surface area contributed by atoms with Crippen molar-refractivity contribution in [3.8, 4) is 0 Å². The minimum Gasteiger partial charge on any atom is -1.00 e. The van der Waals surface area contributed by atoms with Crippen LogP contribution in [0, 0.1) is 5.92 Å². The van der Waals surface area contributed by atoms with E-state index in [1.165, 1.54) is 141 Å².